The van der Waals surface area contributed by atoms with E-state index < -0.39 is 0 Å². The monoisotopic (exact) mass is 327 g/mol. The molecule has 3 heterocycles. The summed E-state index contributed by atoms with van der Waals surface area (Å²) in [5.41, 5.74) is 3.36. The van der Waals surface area contributed by atoms with Gasteiger partial charge < -0.3 is 23.7 Å². The van der Waals surface area contributed by atoms with Crippen molar-refractivity contribution in [1.29, 1.82) is 0 Å². The number of hydrogen-bond acceptors (Lipinski definition) is 6. The van der Waals surface area contributed by atoms with E-state index in [1.807, 2.05) is 27.3 Å². The van der Waals surface area contributed by atoms with Crippen LogP contribution in [0.1, 0.15) is 17.2 Å². The van der Waals surface area contributed by atoms with Crippen LogP contribution in [0, 0.1) is 0 Å². The summed E-state index contributed by atoms with van der Waals surface area (Å²) in [6.07, 6.45) is 1.72. The lowest BCUT2D eigenvalue weighted by Gasteiger charge is -2.10. The van der Waals surface area contributed by atoms with Crippen molar-refractivity contribution in [1.82, 2.24) is 24.3 Å². The largest absolute Gasteiger partial charge is 0.497 e. The summed E-state index contributed by atoms with van der Waals surface area (Å²) in [5.74, 6) is 2.20. The molecular weight excluding hydrogens is 310 g/mol. The smallest absolute Gasteiger partial charge is 0.166 e. The summed E-state index contributed by atoms with van der Waals surface area (Å²) in [7, 11) is 3.25. The van der Waals surface area contributed by atoms with Gasteiger partial charge in [-0.25, -0.2) is 4.98 Å². The summed E-state index contributed by atoms with van der Waals surface area (Å²) < 4.78 is 14.6. The fraction of sp³-hybridized carbons (Fsp3) is 0.312. The average Bonchev–Trinajstić information content (AvgIpc) is 3.16. The Kier molecular flexibility index (Phi) is 3.55. The van der Waals surface area contributed by atoms with Gasteiger partial charge in [-0.1, -0.05) is 0 Å². The molecule has 0 aliphatic carbocycles. The second-order valence-corrected chi connectivity index (χ2v) is 5.51. The van der Waals surface area contributed by atoms with Crippen LogP contribution in [0.4, 0.5) is 0 Å². The maximum Gasteiger partial charge on any atom is 0.166 e. The number of hydrogen-bond donors (Lipinski definition) is 1. The molecule has 0 radical (unpaired) electrons. The molecule has 0 saturated carbocycles. The van der Waals surface area contributed by atoms with Crippen molar-refractivity contribution in [2.45, 2.75) is 19.8 Å². The van der Waals surface area contributed by atoms with E-state index in [2.05, 4.69) is 15.2 Å². The van der Waals surface area contributed by atoms with Gasteiger partial charge >= 0.3 is 0 Å². The summed E-state index contributed by atoms with van der Waals surface area (Å²) >= 11 is 0. The van der Waals surface area contributed by atoms with Crippen LogP contribution in [-0.2, 0) is 24.5 Å². The lowest BCUT2D eigenvalue weighted by atomic mass is 10.1. The molecule has 1 aromatic carbocycles. The van der Waals surface area contributed by atoms with Crippen LogP contribution in [-0.4, -0.2) is 43.6 Å². The van der Waals surface area contributed by atoms with Gasteiger partial charge in [-0.3, -0.25) is 0 Å². The molecule has 8 heteroatoms. The van der Waals surface area contributed by atoms with Crippen molar-refractivity contribution < 1.29 is 14.6 Å². The molecule has 0 saturated heterocycles. The fourth-order valence-corrected chi connectivity index (χ4v) is 3.04. The van der Waals surface area contributed by atoms with Crippen molar-refractivity contribution >= 4 is 0 Å². The molecule has 0 spiro atoms. The lowest BCUT2D eigenvalue weighted by Crippen LogP contribution is -2.09. The van der Waals surface area contributed by atoms with Crippen LogP contribution in [0.3, 0.4) is 0 Å². The predicted molar refractivity (Wildman–Crippen MR) is 84.9 cm³/mol. The number of aliphatic hydroxyl groups excluding tert-OH is 1. The molecule has 0 bridgehead atoms. The number of benzene rings is 1. The number of fused-ring (bicyclic) bond motifs is 5. The fourth-order valence-electron chi connectivity index (χ4n) is 3.04. The van der Waals surface area contributed by atoms with Crippen molar-refractivity contribution in [2.24, 2.45) is 0 Å². The van der Waals surface area contributed by atoms with Crippen LogP contribution >= 0.6 is 0 Å². The molecule has 3 aromatic rings. The van der Waals surface area contributed by atoms with Crippen LogP contribution in [0.25, 0.3) is 17.1 Å². The van der Waals surface area contributed by atoms with E-state index in [9.17, 15) is 5.11 Å². The SMILES string of the molecule is COCc1nnc2n1Cc1c(CO)ncn1-c1ccc(OC)cc1-2. The number of aromatic nitrogens is 5. The predicted octanol–water partition coefficient (Wildman–Crippen LogP) is 1.14. The third kappa shape index (κ3) is 2.11. The zero-order chi connectivity index (χ0) is 16.7. The van der Waals surface area contributed by atoms with Gasteiger partial charge in [0.15, 0.2) is 11.6 Å². The van der Waals surface area contributed by atoms with E-state index in [4.69, 9.17) is 9.47 Å². The zero-order valence-corrected chi connectivity index (χ0v) is 13.4. The van der Waals surface area contributed by atoms with Crippen LogP contribution in [0.5, 0.6) is 5.75 Å². The highest BCUT2D eigenvalue weighted by atomic mass is 16.5. The third-order valence-electron chi connectivity index (χ3n) is 4.22. The van der Waals surface area contributed by atoms with Crippen molar-refractivity contribution in [2.75, 3.05) is 14.2 Å². The first-order valence-electron chi connectivity index (χ1n) is 7.52. The minimum atomic E-state index is -0.120. The highest BCUT2D eigenvalue weighted by Crippen LogP contribution is 2.34. The minimum Gasteiger partial charge on any atom is -0.497 e. The van der Waals surface area contributed by atoms with Gasteiger partial charge in [-0.15, -0.1) is 10.2 Å². The normalized spacial score (nSPS) is 12.3. The average molecular weight is 327 g/mol. The molecule has 4 rings (SSSR count). The highest BCUT2D eigenvalue weighted by molar-refractivity contribution is 5.71. The van der Waals surface area contributed by atoms with Gasteiger partial charge in [0.1, 0.15) is 12.4 Å². The molecule has 0 atom stereocenters. The molecule has 24 heavy (non-hydrogen) atoms. The Morgan fingerprint density at radius 3 is 2.88 bits per heavy atom. The maximum atomic E-state index is 9.61. The topological polar surface area (TPSA) is 87.2 Å². The molecule has 0 fully saturated rings. The molecule has 2 aromatic heterocycles. The van der Waals surface area contributed by atoms with Crippen molar-refractivity contribution in [3.8, 4) is 22.8 Å². The Bertz CT molecular complexity index is 899. The Balaban J connectivity index is 2.01. The number of ether oxygens (including phenoxy) is 2. The molecule has 1 aliphatic rings. The minimum absolute atomic E-state index is 0.120. The quantitative estimate of drug-likeness (QED) is 0.605. The Morgan fingerprint density at radius 2 is 2.12 bits per heavy atom. The zero-order valence-electron chi connectivity index (χ0n) is 13.4. The number of rotatable bonds is 4. The highest BCUT2D eigenvalue weighted by Gasteiger charge is 2.25. The van der Waals surface area contributed by atoms with Gasteiger partial charge in [0.2, 0.25) is 0 Å². The molecule has 124 valence electrons. The second kappa shape index (κ2) is 5.73. The summed E-state index contributed by atoms with van der Waals surface area (Å²) in [4.78, 5) is 4.33. The van der Waals surface area contributed by atoms with Crippen LogP contribution in [0.15, 0.2) is 24.5 Å². The van der Waals surface area contributed by atoms with Gasteiger partial charge in [-0.05, 0) is 18.2 Å². The molecule has 1 N–H and O–H groups in total. The van der Waals surface area contributed by atoms with Gasteiger partial charge in [0.25, 0.3) is 0 Å². The second-order valence-electron chi connectivity index (χ2n) is 5.51. The van der Waals surface area contributed by atoms with E-state index in [1.54, 1.807) is 20.5 Å². The Hall–Kier alpha value is -2.71. The standard InChI is InChI=1S/C16H17N5O3/c1-23-8-15-18-19-16-11-5-10(24-2)3-4-13(11)21-9-17-12(7-22)14(21)6-20(15)16/h3-5,9,22H,6-8H2,1-2H3. The summed E-state index contributed by atoms with van der Waals surface area (Å²) in [6.45, 7) is 0.744. The van der Waals surface area contributed by atoms with E-state index >= 15 is 0 Å². The summed E-state index contributed by atoms with van der Waals surface area (Å²) in [6, 6.07) is 5.78. The number of nitrogens with zero attached hydrogens (tertiary/aromatic N) is 5. The molecule has 1 aliphatic heterocycles. The molecule has 8 nitrogen and oxygen atoms in total. The molecule has 0 unspecified atom stereocenters. The first-order valence-corrected chi connectivity index (χ1v) is 7.52. The van der Waals surface area contributed by atoms with Crippen molar-refractivity contribution in [3.63, 3.8) is 0 Å². The Morgan fingerprint density at radius 1 is 1.25 bits per heavy atom. The Labute approximate surface area is 138 Å². The molecular formula is C16H17N5O3. The van der Waals surface area contributed by atoms with E-state index in [0.717, 1.165) is 34.3 Å². The first-order chi connectivity index (χ1) is 11.8. The van der Waals surface area contributed by atoms with Gasteiger partial charge in [0, 0.05) is 12.7 Å². The van der Waals surface area contributed by atoms with Crippen molar-refractivity contribution in [3.05, 3.63) is 41.7 Å². The van der Waals surface area contributed by atoms with E-state index in [-0.39, 0.29) is 6.61 Å². The molecule has 0 amide bonds. The van der Waals surface area contributed by atoms with Gasteiger partial charge in [0.05, 0.1) is 43.7 Å². The van der Waals surface area contributed by atoms with Gasteiger partial charge in [-0.2, -0.15) is 0 Å². The number of methoxy groups -OCH3 is 2. The maximum absolute atomic E-state index is 9.61. The number of aliphatic hydroxyl groups is 1. The number of imidazole rings is 1. The lowest BCUT2D eigenvalue weighted by molar-refractivity contribution is 0.174. The first kappa shape index (κ1) is 14.9. The van der Waals surface area contributed by atoms with Crippen LogP contribution < -0.4 is 4.74 Å². The van der Waals surface area contributed by atoms with E-state index in [1.165, 1.54) is 0 Å². The third-order valence-corrected chi connectivity index (χ3v) is 4.22. The summed E-state index contributed by atoms with van der Waals surface area (Å²) in [5, 5.41) is 18.2. The van der Waals surface area contributed by atoms with E-state index in [0.29, 0.717) is 18.8 Å². The van der Waals surface area contributed by atoms with Crippen LogP contribution in [0.2, 0.25) is 0 Å².